The number of nitrogens with one attached hydrogen (secondary N) is 2. The third-order valence-corrected chi connectivity index (χ3v) is 12.1. The molecule has 0 atom stereocenters. The van der Waals surface area contributed by atoms with Crippen molar-refractivity contribution in [1.82, 2.24) is 20.5 Å². The number of sulfonamides is 1. The van der Waals surface area contributed by atoms with E-state index in [1.807, 2.05) is 18.2 Å². The van der Waals surface area contributed by atoms with Gasteiger partial charge in [-0.05, 0) is 85.1 Å². The minimum absolute atomic E-state index is 0.0155. The molecule has 2 aromatic carbocycles. The van der Waals surface area contributed by atoms with Crippen molar-refractivity contribution in [2.45, 2.75) is 37.2 Å². The number of anilines is 2. The number of benzene rings is 2. The molecule has 258 valence electrons. The molecular formula is C36H42N6O5S2. The lowest BCUT2D eigenvalue weighted by molar-refractivity contribution is 0.0600. The van der Waals surface area contributed by atoms with Gasteiger partial charge >= 0.3 is 5.97 Å². The molecule has 2 aliphatic rings. The lowest BCUT2D eigenvalue weighted by atomic mass is 10.1. The predicted molar refractivity (Wildman–Crippen MR) is 193 cm³/mol. The molecule has 0 unspecified atom stereocenters. The van der Waals surface area contributed by atoms with Gasteiger partial charge in [-0.2, -0.15) is 0 Å². The van der Waals surface area contributed by atoms with Gasteiger partial charge in [0.1, 0.15) is 10.7 Å². The highest BCUT2D eigenvalue weighted by atomic mass is 32.2. The van der Waals surface area contributed by atoms with Gasteiger partial charge in [0.2, 0.25) is 0 Å². The number of pyridine rings is 1. The van der Waals surface area contributed by atoms with E-state index < -0.39 is 16.0 Å². The number of hydrogen-bond donors (Lipinski definition) is 2. The molecule has 2 fully saturated rings. The van der Waals surface area contributed by atoms with Crippen molar-refractivity contribution >= 4 is 44.7 Å². The second-order valence-corrected chi connectivity index (χ2v) is 15.3. The predicted octanol–water partition coefficient (Wildman–Crippen LogP) is 4.75. The molecule has 6 rings (SSSR count). The third-order valence-electron chi connectivity index (χ3n) is 8.99. The van der Waals surface area contributed by atoms with Crippen LogP contribution in [0.3, 0.4) is 0 Å². The van der Waals surface area contributed by atoms with Gasteiger partial charge in [-0.15, -0.1) is 11.3 Å². The van der Waals surface area contributed by atoms with E-state index in [1.54, 1.807) is 24.4 Å². The molecule has 2 aliphatic heterocycles. The number of amides is 1. The highest BCUT2D eigenvalue weighted by Crippen LogP contribution is 2.39. The number of rotatable bonds is 11. The Morgan fingerprint density at radius 2 is 1.63 bits per heavy atom. The van der Waals surface area contributed by atoms with Crippen molar-refractivity contribution in [1.29, 1.82) is 0 Å². The van der Waals surface area contributed by atoms with Crippen LogP contribution in [0.4, 0.5) is 11.5 Å². The number of aromatic nitrogens is 1. The standard InChI is InChI=1S/C36H42N6O5S2/c1-40(30-12-10-28(11-13-30)36(44)47-2)49(45,46)32-23-31(48-34(32)29-14-15-38-33(22-29)42-20-16-37-17-21-42)35(43)39-24-26-6-8-27(9-7-26)25-41-18-4-3-5-19-41/h6-15,22-23,37H,3-5,16-21,24-25H2,1-2H3,(H,39,43). The molecule has 2 saturated heterocycles. The number of esters is 1. The number of piperazine rings is 1. The minimum Gasteiger partial charge on any atom is -0.465 e. The molecule has 4 heterocycles. The topological polar surface area (TPSA) is 124 Å². The zero-order valence-electron chi connectivity index (χ0n) is 27.9. The fourth-order valence-corrected chi connectivity index (χ4v) is 8.92. The molecule has 4 aromatic rings. The summed E-state index contributed by atoms with van der Waals surface area (Å²) in [5.74, 6) is -0.122. The molecule has 13 heteroatoms. The van der Waals surface area contributed by atoms with Gasteiger partial charge < -0.3 is 20.3 Å². The molecule has 0 spiro atoms. The number of hydrogen-bond acceptors (Lipinski definition) is 10. The van der Waals surface area contributed by atoms with Gasteiger partial charge in [0.05, 0.1) is 28.1 Å². The lowest BCUT2D eigenvalue weighted by Crippen LogP contribution is -2.43. The zero-order valence-corrected chi connectivity index (χ0v) is 29.5. The summed E-state index contributed by atoms with van der Waals surface area (Å²) in [7, 11) is -1.40. The number of ether oxygens (including phenoxy) is 1. The van der Waals surface area contributed by atoms with E-state index in [-0.39, 0.29) is 15.7 Å². The smallest absolute Gasteiger partial charge is 0.337 e. The number of likely N-dealkylation sites (tertiary alicyclic amines) is 1. The number of piperidine rings is 1. The summed E-state index contributed by atoms with van der Waals surface area (Å²) in [6.07, 6.45) is 5.47. The Kier molecular flexibility index (Phi) is 10.9. The van der Waals surface area contributed by atoms with E-state index in [4.69, 9.17) is 4.74 Å². The van der Waals surface area contributed by atoms with Crippen molar-refractivity contribution in [3.8, 4) is 10.4 Å². The summed E-state index contributed by atoms with van der Waals surface area (Å²) < 4.78 is 34.4. The highest BCUT2D eigenvalue weighted by Gasteiger charge is 2.30. The minimum atomic E-state index is -4.14. The second-order valence-electron chi connectivity index (χ2n) is 12.3. The van der Waals surface area contributed by atoms with Crippen LogP contribution in [0.1, 0.15) is 50.4 Å². The normalized spacial score (nSPS) is 15.5. The van der Waals surface area contributed by atoms with Crippen molar-refractivity contribution in [3.63, 3.8) is 0 Å². The maximum absolute atomic E-state index is 14.2. The van der Waals surface area contributed by atoms with Gasteiger partial charge in [0, 0.05) is 52.5 Å². The summed E-state index contributed by atoms with van der Waals surface area (Å²) in [6, 6.07) is 19.5. The van der Waals surface area contributed by atoms with Crippen LogP contribution in [0.15, 0.2) is 77.8 Å². The van der Waals surface area contributed by atoms with Gasteiger partial charge in [-0.25, -0.2) is 18.2 Å². The summed E-state index contributed by atoms with van der Waals surface area (Å²) in [4.78, 5) is 35.5. The lowest BCUT2D eigenvalue weighted by Gasteiger charge is -2.28. The van der Waals surface area contributed by atoms with E-state index in [2.05, 4.69) is 37.6 Å². The van der Waals surface area contributed by atoms with Crippen LogP contribution in [0.5, 0.6) is 0 Å². The fourth-order valence-electron chi connectivity index (χ4n) is 6.12. The summed E-state index contributed by atoms with van der Waals surface area (Å²) >= 11 is 1.14. The first-order valence-corrected chi connectivity index (χ1v) is 18.8. The number of methoxy groups -OCH3 is 1. The average molecular weight is 703 g/mol. The van der Waals surface area contributed by atoms with Crippen LogP contribution < -0.4 is 19.8 Å². The van der Waals surface area contributed by atoms with Crippen LogP contribution in [0.2, 0.25) is 0 Å². The molecule has 2 aromatic heterocycles. The van der Waals surface area contributed by atoms with Gasteiger partial charge in [-0.1, -0.05) is 30.7 Å². The van der Waals surface area contributed by atoms with E-state index in [0.717, 1.165) is 72.8 Å². The van der Waals surface area contributed by atoms with Crippen LogP contribution in [0.25, 0.3) is 10.4 Å². The molecule has 11 nitrogen and oxygen atoms in total. The fraction of sp³-hybridized carbons (Fsp3) is 0.361. The molecule has 2 N–H and O–H groups in total. The summed E-state index contributed by atoms with van der Waals surface area (Å²) in [6.45, 7) is 6.72. The van der Waals surface area contributed by atoms with Crippen molar-refractivity contribution in [3.05, 3.63) is 94.5 Å². The average Bonchev–Trinajstić information content (AvgIpc) is 3.62. The Morgan fingerprint density at radius 3 is 2.33 bits per heavy atom. The van der Waals surface area contributed by atoms with Crippen molar-refractivity contribution < 1.29 is 22.7 Å². The Morgan fingerprint density at radius 1 is 0.939 bits per heavy atom. The van der Waals surface area contributed by atoms with Gasteiger partial charge in [0.15, 0.2) is 0 Å². The molecule has 1 amide bonds. The maximum atomic E-state index is 14.2. The summed E-state index contributed by atoms with van der Waals surface area (Å²) in [5.41, 5.74) is 3.53. The molecule has 0 aliphatic carbocycles. The van der Waals surface area contributed by atoms with Crippen LogP contribution >= 0.6 is 11.3 Å². The number of nitrogens with zero attached hydrogens (tertiary/aromatic N) is 4. The number of carbonyl (C=O) groups is 2. The first-order chi connectivity index (χ1) is 23.7. The Hall–Kier alpha value is -4.30. The number of carbonyl (C=O) groups excluding carboxylic acids is 2. The SMILES string of the molecule is COC(=O)c1ccc(N(C)S(=O)(=O)c2cc(C(=O)NCc3ccc(CN4CCCCC4)cc3)sc2-c2ccnc(N3CCNCC3)c2)cc1. The van der Waals surface area contributed by atoms with Crippen LogP contribution in [-0.2, 0) is 27.8 Å². The first kappa shape index (κ1) is 34.6. The van der Waals surface area contributed by atoms with Crippen molar-refractivity contribution in [2.24, 2.45) is 0 Å². The molecule has 0 bridgehead atoms. The Labute approximate surface area is 292 Å². The Bertz CT molecular complexity index is 1870. The zero-order chi connectivity index (χ0) is 34.4. The summed E-state index contributed by atoms with van der Waals surface area (Å²) in [5, 5.41) is 6.32. The van der Waals surface area contributed by atoms with E-state index >= 15 is 0 Å². The quantitative estimate of drug-likeness (QED) is 0.213. The second kappa shape index (κ2) is 15.5. The molecule has 0 radical (unpaired) electrons. The highest BCUT2D eigenvalue weighted by molar-refractivity contribution is 7.93. The maximum Gasteiger partial charge on any atom is 0.337 e. The van der Waals surface area contributed by atoms with E-state index in [9.17, 15) is 18.0 Å². The molecule has 0 saturated carbocycles. The van der Waals surface area contributed by atoms with E-state index in [0.29, 0.717) is 28.2 Å². The van der Waals surface area contributed by atoms with Gasteiger partial charge in [0.25, 0.3) is 15.9 Å². The van der Waals surface area contributed by atoms with Crippen molar-refractivity contribution in [2.75, 3.05) is 62.6 Å². The largest absolute Gasteiger partial charge is 0.465 e. The third kappa shape index (κ3) is 8.13. The van der Waals surface area contributed by atoms with Gasteiger partial charge in [-0.3, -0.25) is 14.0 Å². The molecular weight excluding hydrogens is 661 g/mol. The first-order valence-electron chi connectivity index (χ1n) is 16.5. The van der Waals surface area contributed by atoms with Crippen LogP contribution in [-0.4, -0.2) is 83.6 Å². The van der Waals surface area contributed by atoms with Crippen LogP contribution in [0, 0.1) is 0 Å². The molecule has 49 heavy (non-hydrogen) atoms. The van der Waals surface area contributed by atoms with E-state index in [1.165, 1.54) is 57.2 Å². The Balaban J connectivity index is 1.26. The number of thiophene rings is 1. The monoisotopic (exact) mass is 702 g/mol.